The molecular weight excluding hydrogens is 458 g/mol. The number of fused-ring (bicyclic) bond motifs is 1. The lowest BCUT2D eigenvalue weighted by Gasteiger charge is -2.35. The molecule has 0 radical (unpaired) electrons. The van der Waals surface area contributed by atoms with E-state index >= 15 is 0 Å². The highest BCUT2D eigenvalue weighted by molar-refractivity contribution is 6.30. The molecule has 1 aliphatic heterocycles. The normalized spacial score (nSPS) is 13.8. The summed E-state index contributed by atoms with van der Waals surface area (Å²) in [5.41, 5.74) is 2.01. The molecular formula is C23H22ClN7O3. The second-order valence-corrected chi connectivity index (χ2v) is 8.12. The number of methoxy groups -OCH3 is 1. The van der Waals surface area contributed by atoms with Crippen LogP contribution in [0.4, 0.5) is 5.82 Å². The van der Waals surface area contributed by atoms with Crippen LogP contribution in [0.5, 0.6) is 11.5 Å². The molecule has 34 heavy (non-hydrogen) atoms. The minimum absolute atomic E-state index is 0.0196. The van der Waals surface area contributed by atoms with Gasteiger partial charge in [0.1, 0.15) is 17.8 Å². The van der Waals surface area contributed by atoms with Crippen molar-refractivity contribution in [2.24, 2.45) is 0 Å². The monoisotopic (exact) mass is 479 g/mol. The Balaban J connectivity index is 1.26. The van der Waals surface area contributed by atoms with Gasteiger partial charge in [-0.05, 0) is 36.4 Å². The fourth-order valence-corrected chi connectivity index (χ4v) is 3.95. The number of rotatable bonds is 6. The van der Waals surface area contributed by atoms with Crippen LogP contribution in [0.1, 0.15) is 0 Å². The van der Waals surface area contributed by atoms with E-state index in [1.165, 1.54) is 6.33 Å². The molecule has 0 unspecified atom stereocenters. The quantitative estimate of drug-likeness (QED) is 0.416. The Bertz CT molecular complexity index is 1300. The van der Waals surface area contributed by atoms with Gasteiger partial charge in [0, 0.05) is 37.3 Å². The van der Waals surface area contributed by atoms with E-state index in [1.54, 1.807) is 41.0 Å². The lowest BCUT2D eigenvalue weighted by molar-refractivity contribution is -0.133. The summed E-state index contributed by atoms with van der Waals surface area (Å²) in [6.07, 6.45) is 1.51. The number of benzene rings is 2. The smallest absolute Gasteiger partial charge is 0.260 e. The van der Waals surface area contributed by atoms with Crippen LogP contribution < -0.4 is 14.4 Å². The third-order valence-electron chi connectivity index (χ3n) is 5.62. The van der Waals surface area contributed by atoms with E-state index in [-0.39, 0.29) is 12.5 Å². The zero-order chi connectivity index (χ0) is 23.5. The predicted octanol–water partition coefficient (Wildman–Crippen LogP) is 2.60. The van der Waals surface area contributed by atoms with Crippen molar-refractivity contribution in [3.8, 4) is 17.2 Å². The van der Waals surface area contributed by atoms with Crippen LogP contribution in [0.3, 0.4) is 0 Å². The van der Waals surface area contributed by atoms with Gasteiger partial charge in [0.2, 0.25) is 0 Å². The van der Waals surface area contributed by atoms with Gasteiger partial charge in [-0.1, -0.05) is 22.9 Å². The fourth-order valence-electron chi connectivity index (χ4n) is 3.82. The third-order valence-corrected chi connectivity index (χ3v) is 5.88. The first-order valence-electron chi connectivity index (χ1n) is 10.7. The molecule has 0 spiro atoms. The summed E-state index contributed by atoms with van der Waals surface area (Å²) in [5.74, 6) is 1.96. The number of ether oxygens (including phenoxy) is 2. The Morgan fingerprint density at radius 3 is 2.59 bits per heavy atom. The van der Waals surface area contributed by atoms with Crippen LogP contribution in [-0.4, -0.2) is 75.7 Å². The number of amides is 1. The number of aromatic nitrogens is 5. The van der Waals surface area contributed by atoms with E-state index < -0.39 is 0 Å². The summed E-state index contributed by atoms with van der Waals surface area (Å²) in [6.45, 7) is 2.32. The molecule has 10 nitrogen and oxygen atoms in total. The first-order valence-corrected chi connectivity index (χ1v) is 11.1. The van der Waals surface area contributed by atoms with Crippen LogP contribution in [0.2, 0.25) is 5.02 Å². The Labute approximate surface area is 200 Å². The van der Waals surface area contributed by atoms with Crippen LogP contribution in [0.15, 0.2) is 54.9 Å². The maximum Gasteiger partial charge on any atom is 0.260 e. The van der Waals surface area contributed by atoms with E-state index in [1.807, 2.05) is 24.3 Å². The first-order chi connectivity index (χ1) is 16.6. The number of hydrogen-bond acceptors (Lipinski definition) is 8. The van der Waals surface area contributed by atoms with Gasteiger partial charge < -0.3 is 19.3 Å². The summed E-state index contributed by atoms with van der Waals surface area (Å²) in [7, 11) is 1.62. The van der Waals surface area contributed by atoms with Gasteiger partial charge in [0.15, 0.2) is 23.6 Å². The molecule has 0 atom stereocenters. The van der Waals surface area contributed by atoms with E-state index in [0.717, 1.165) is 11.4 Å². The van der Waals surface area contributed by atoms with Gasteiger partial charge >= 0.3 is 0 Å². The Kier molecular flexibility index (Phi) is 6.13. The van der Waals surface area contributed by atoms with Crippen molar-refractivity contribution in [1.82, 2.24) is 29.9 Å². The first kappa shape index (κ1) is 21.9. The van der Waals surface area contributed by atoms with Gasteiger partial charge in [0.25, 0.3) is 5.91 Å². The molecule has 11 heteroatoms. The highest BCUT2D eigenvalue weighted by atomic mass is 35.5. The standard InChI is InChI=1S/C23H22ClN7O3/c1-33-19-4-2-3-17(13-19)31-23-21(27-28-31)22(25-15-26-23)30-11-9-29(10-12-30)20(32)14-34-18-7-5-16(24)6-8-18/h2-8,13,15H,9-12,14H2,1H3. The van der Waals surface area contributed by atoms with Crippen molar-refractivity contribution < 1.29 is 14.3 Å². The number of piperazine rings is 1. The fraction of sp³-hybridized carbons (Fsp3) is 0.261. The number of carbonyl (C=O) groups excluding carboxylic acids is 1. The summed E-state index contributed by atoms with van der Waals surface area (Å²) in [4.78, 5) is 25.3. The molecule has 174 valence electrons. The minimum atomic E-state index is -0.0635. The van der Waals surface area contributed by atoms with Gasteiger partial charge in [-0.15, -0.1) is 5.10 Å². The summed E-state index contributed by atoms with van der Waals surface area (Å²) in [6, 6.07) is 14.5. The molecule has 1 aliphatic rings. The number of nitrogens with zero attached hydrogens (tertiary/aromatic N) is 7. The van der Waals surface area contributed by atoms with E-state index in [2.05, 4.69) is 25.2 Å². The zero-order valence-corrected chi connectivity index (χ0v) is 19.2. The molecule has 1 saturated heterocycles. The average Bonchev–Trinajstić information content (AvgIpc) is 3.33. The summed E-state index contributed by atoms with van der Waals surface area (Å²) in [5, 5.41) is 9.26. The largest absolute Gasteiger partial charge is 0.497 e. The van der Waals surface area contributed by atoms with Crippen molar-refractivity contribution in [3.05, 3.63) is 59.9 Å². The van der Waals surface area contributed by atoms with Gasteiger partial charge in [-0.3, -0.25) is 4.79 Å². The number of anilines is 1. The minimum Gasteiger partial charge on any atom is -0.497 e. The summed E-state index contributed by atoms with van der Waals surface area (Å²) < 4.78 is 12.6. The van der Waals surface area contributed by atoms with Crippen LogP contribution in [0.25, 0.3) is 16.9 Å². The molecule has 2 aromatic carbocycles. The Morgan fingerprint density at radius 2 is 1.82 bits per heavy atom. The molecule has 0 aliphatic carbocycles. The topological polar surface area (TPSA) is 98.5 Å². The maximum atomic E-state index is 12.6. The Hall–Kier alpha value is -3.92. The van der Waals surface area contributed by atoms with Crippen molar-refractivity contribution in [2.75, 3.05) is 44.8 Å². The second kappa shape index (κ2) is 9.52. The molecule has 5 rings (SSSR count). The summed E-state index contributed by atoms with van der Waals surface area (Å²) >= 11 is 5.88. The molecule has 3 heterocycles. The van der Waals surface area contributed by atoms with E-state index in [9.17, 15) is 4.79 Å². The van der Waals surface area contributed by atoms with Crippen LogP contribution >= 0.6 is 11.6 Å². The predicted molar refractivity (Wildman–Crippen MR) is 127 cm³/mol. The van der Waals surface area contributed by atoms with Crippen LogP contribution in [0, 0.1) is 0 Å². The maximum absolute atomic E-state index is 12.6. The molecule has 0 N–H and O–H groups in total. The van der Waals surface area contributed by atoms with Crippen LogP contribution in [-0.2, 0) is 4.79 Å². The highest BCUT2D eigenvalue weighted by Gasteiger charge is 2.25. The number of hydrogen-bond donors (Lipinski definition) is 0. The van der Waals surface area contributed by atoms with Crippen molar-refractivity contribution in [1.29, 1.82) is 0 Å². The Morgan fingerprint density at radius 1 is 1.03 bits per heavy atom. The third kappa shape index (κ3) is 4.44. The lowest BCUT2D eigenvalue weighted by atomic mass is 10.3. The van der Waals surface area contributed by atoms with Crippen molar-refractivity contribution in [3.63, 3.8) is 0 Å². The zero-order valence-electron chi connectivity index (χ0n) is 18.5. The number of halogens is 1. The van der Waals surface area contributed by atoms with E-state index in [4.69, 9.17) is 21.1 Å². The van der Waals surface area contributed by atoms with Gasteiger partial charge in [0.05, 0.1) is 12.8 Å². The highest BCUT2D eigenvalue weighted by Crippen LogP contribution is 2.25. The van der Waals surface area contributed by atoms with Crippen molar-refractivity contribution >= 4 is 34.5 Å². The van der Waals surface area contributed by atoms with Crippen molar-refractivity contribution in [2.45, 2.75) is 0 Å². The molecule has 4 aromatic rings. The number of carbonyl (C=O) groups is 1. The average molecular weight is 480 g/mol. The van der Waals surface area contributed by atoms with Gasteiger partial charge in [-0.25, -0.2) is 9.97 Å². The SMILES string of the molecule is COc1cccc(-n2nnc3c(N4CCN(C(=O)COc5ccc(Cl)cc5)CC4)ncnc32)c1. The molecule has 0 saturated carbocycles. The van der Waals surface area contributed by atoms with Gasteiger partial charge in [-0.2, -0.15) is 4.68 Å². The van der Waals surface area contributed by atoms with E-state index in [0.29, 0.717) is 53.9 Å². The molecule has 0 bridgehead atoms. The molecule has 1 fully saturated rings. The molecule has 1 amide bonds. The second-order valence-electron chi connectivity index (χ2n) is 7.68. The molecule has 2 aromatic heterocycles. The lowest BCUT2D eigenvalue weighted by Crippen LogP contribution is -2.50.